The third-order valence-electron chi connectivity index (χ3n) is 4.24. The van der Waals surface area contributed by atoms with Gasteiger partial charge in [0.2, 0.25) is 0 Å². The van der Waals surface area contributed by atoms with E-state index in [1.54, 1.807) is 6.20 Å². The lowest BCUT2D eigenvalue weighted by Crippen LogP contribution is -2.23. The number of nitrogens with one attached hydrogen (secondary N) is 2. The van der Waals surface area contributed by atoms with Crippen LogP contribution in [0, 0.1) is 5.82 Å². The van der Waals surface area contributed by atoms with Gasteiger partial charge in [-0.1, -0.05) is 6.07 Å². The van der Waals surface area contributed by atoms with Crippen LogP contribution < -0.4 is 14.9 Å². The number of nitrogens with zero attached hydrogens (tertiary/aromatic N) is 2. The molecule has 1 heterocycles. The average molecular weight is 428 g/mol. The number of aromatic nitrogens is 1. The minimum Gasteiger partial charge on any atom is -0.363 e. The highest BCUT2D eigenvalue weighted by atomic mass is 32.2. The Kier molecular flexibility index (Phi) is 6.31. The van der Waals surface area contributed by atoms with Crippen LogP contribution >= 0.6 is 0 Å². The van der Waals surface area contributed by atoms with Crippen molar-refractivity contribution in [1.29, 1.82) is 0 Å². The Bertz CT molecular complexity index is 1110. The van der Waals surface area contributed by atoms with Crippen LogP contribution in [0.25, 0.3) is 0 Å². The summed E-state index contributed by atoms with van der Waals surface area (Å²) in [6.45, 7) is 0.297. The van der Waals surface area contributed by atoms with Gasteiger partial charge in [-0.2, -0.15) is 0 Å². The summed E-state index contributed by atoms with van der Waals surface area (Å²) in [5.74, 6) is 0.0241. The number of hydrogen-bond acceptors (Lipinski definition) is 5. The van der Waals surface area contributed by atoms with Gasteiger partial charge in [-0.15, -0.1) is 0 Å². The topological polar surface area (TPSA) is 91.4 Å². The Balaban J connectivity index is 1.62. The first-order valence-corrected chi connectivity index (χ1v) is 10.5. The van der Waals surface area contributed by atoms with E-state index in [1.807, 2.05) is 31.1 Å². The van der Waals surface area contributed by atoms with E-state index in [9.17, 15) is 17.6 Å². The Labute approximate surface area is 174 Å². The molecule has 156 valence electrons. The number of pyridine rings is 1. The molecule has 0 saturated carbocycles. The number of hydrogen-bond donors (Lipinski definition) is 2. The minimum absolute atomic E-state index is 0.00755. The number of rotatable bonds is 7. The molecular formula is C21H21FN4O3S. The standard InChI is InChI=1S/C21H21FN4O3S/c1-26(2)20-12-3-15(13-23-20)14-24-21(27)16-4-10-19(11-5-16)30(28,29)25-18-8-6-17(22)7-9-18/h3-13,25H,14H2,1-2H3,(H,24,27). The summed E-state index contributed by atoms with van der Waals surface area (Å²) in [6.07, 6.45) is 1.69. The van der Waals surface area contributed by atoms with Crippen molar-refractivity contribution in [1.82, 2.24) is 10.3 Å². The quantitative estimate of drug-likeness (QED) is 0.604. The van der Waals surface area contributed by atoms with E-state index in [4.69, 9.17) is 0 Å². The van der Waals surface area contributed by atoms with Crippen molar-refractivity contribution in [2.24, 2.45) is 0 Å². The van der Waals surface area contributed by atoms with Gasteiger partial charge in [0.25, 0.3) is 15.9 Å². The molecule has 1 aromatic heterocycles. The first-order valence-electron chi connectivity index (χ1n) is 9.03. The third kappa shape index (κ3) is 5.32. The molecule has 0 bridgehead atoms. The molecule has 0 aliphatic heterocycles. The summed E-state index contributed by atoms with van der Waals surface area (Å²) in [4.78, 5) is 18.5. The summed E-state index contributed by atoms with van der Waals surface area (Å²) in [7, 11) is -0.0681. The number of anilines is 2. The zero-order valence-corrected chi connectivity index (χ0v) is 17.3. The fourth-order valence-corrected chi connectivity index (χ4v) is 3.65. The molecule has 2 N–H and O–H groups in total. The largest absolute Gasteiger partial charge is 0.363 e. The highest BCUT2D eigenvalue weighted by Crippen LogP contribution is 2.17. The van der Waals surface area contributed by atoms with Gasteiger partial charge in [-0.05, 0) is 60.2 Å². The number of halogens is 1. The fourth-order valence-electron chi connectivity index (χ4n) is 2.59. The summed E-state index contributed by atoms with van der Waals surface area (Å²) in [6, 6.07) is 14.3. The molecule has 0 unspecified atom stereocenters. The normalized spacial score (nSPS) is 11.0. The first-order chi connectivity index (χ1) is 14.2. The third-order valence-corrected chi connectivity index (χ3v) is 5.64. The number of carbonyl (C=O) groups is 1. The van der Waals surface area contributed by atoms with Gasteiger partial charge >= 0.3 is 0 Å². The van der Waals surface area contributed by atoms with Crippen LogP contribution in [-0.2, 0) is 16.6 Å². The van der Waals surface area contributed by atoms with E-state index >= 15 is 0 Å². The zero-order valence-electron chi connectivity index (χ0n) is 16.5. The van der Waals surface area contributed by atoms with Gasteiger partial charge in [-0.3, -0.25) is 9.52 Å². The van der Waals surface area contributed by atoms with Crippen LogP contribution in [0.4, 0.5) is 15.9 Å². The van der Waals surface area contributed by atoms with Crippen molar-refractivity contribution in [2.45, 2.75) is 11.4 Å². The van der Waals surface area contributed by atoms with Crippen molar-refractivity contribution in [2.75, 3.05) is 23.7 Å². The van der Waals surface area contributed by atoms with Crippen molar-refractivity contribution < 1.29 is 17.6 Å². The Morgan fingerprint density at radius 1 is 1.00 bits per heavy atom. The smallest absolute Gasteiger partial charge is 0.261 e. The van der Waals surface area contributed by atoms with E-state index in [2.05, 4.69) is 15.0 Å². The summed E-state index contributed by atoms with van der Waals surface area (Å²) < 4.78 is 40.2. The van der Waals surface area contributed by atoms with E-state index in [-0.39, 0.29) is 16.5 Å². The van der Waals surface area contributed by atoms with E-state index in [0.29, 0.717) is 12.1 Å². The summed E-state index contributed by atoms with van der Waals surface area (Å²) in [5.41, 5.74) is 1.41. The molecule has 3 rings (SSSR count). The predicted octanol–water partition coefficient (Wildman–Crippen LogP) is 3.02. The second-order valence-corrected chi connectivity index (χ2v) is 8.42. The molecule has 9 heteroatoms. The maximum absolute atomic E-state index is 13.0. The highest BCUT2D eigenvalue weighted by molar-refractivity contribution is 7.92. The molecule has 0 spiro atoms. The monoisotopic (exact) mass is 428 g/mol. The maximum Gasteiger partial charge on any atom is 0.261 e. The lowest BCUT2D eigenvalue weighted by Gasteiger charge is -2.12. The minimum atomic E-state index is -3.85. The van der Waals surface area contributed by atoms with Crippen LogP contribution in [0.3, 0.4) is 0 Å². The van der Waals surface area contributed by atoms with E-state index < -0.39 is 15.8 Å². The lowest BCUT2D eigenvalue weighted by molar-refractivity contribution is 0.0951. The zero-order chi connectivity index (χ0) is 21.7. The first kappa shape index (κ1) is 21.3. The van der Waals surface area contributed by atoms with Crippen LogP contribution in [0.1, 0.15) is 15.9 Å². The predicted molar refractivity (Wildman–Crippen MR) is 113 cm³/mol. The second-order valence-electron chi connectivity index (χ2n) is 6.74. The Hall–Kier alpha value is -3.46. The molecule has 30 heavy (non-hydrogen) atoms. The van der Waals surface area contributed by atoms with Crippen molar-refractivity contribution in [3.8, 4) is 0 Å². The number of carbonyl (C=O) groups excluding carboxylic acids is 1. The van der Waals surface area contributed by atoms with Gasteiger partial charge < -0.3 is 10.2 Å². The van der Waals surface area contributed by atoms with Crippen molar-refractivity contribution in [3.05, 3.63) is 83.8 Å². The lowest BCUT2D eigenvalue weighted by atomic mass is 10.2. The number of amides is 1. The van der Waals surface area contributed by atoms with Crippen molar-refractivity contribution >= 4 is 27.4 Å². The van der Waals surface area contributed by atoms with Crippen molar-refractivity contribution in [3.63, 3.8) is 0 Å². The molecule has 0 fully saturated rings. The molecule has 2 aromatic carbocycles. The molecule has 0 radical (unpaired) electrons. The van der Waals surface area contributed by atoms with E-state index in [1.165, 1.54) is 36.4 Å². The van der Waals surface area contributed by atoms with Crippen LogP contribution in [-0.4, -0.2) is 33.4 Å². The second kappa shape index (κ2) is 8.91. The highest BCUT2D eigenvalue weighted by Gasteiger charge is 2.15. The molecule has 3 aromatic rings. The van der Waals surface area contributed by atoms with Crippen LogP contribution in [0.5, 0.6) is 0 Å². The molecule has 0 saturated heterocycles. The molecule has 1 amide bonds. The Morgan fingerprint density at radius 2 is 1.67 bits per heavy atom. The maximum atomic E-state index is 13.0. The molecule has 7 nitrogen and oxygen atoms in total. The van der Waals surface area contributed by atoms with Gasteiger partial charge in [0, 0.05) is 38.1 Å². The average Bonchev–Trinajstić information content (AvgIpc) is 2.74. The molecule has 0 aliphatic carbocycles. The molecule has 0 aliphatic rings. The number of sulfonamides is 1. The fraction of sp³-hybridized carbons (Fsp3) is 0.143. The molecular weight excluding hydrogens is 407 g/mol. The SMILES string of the molecule is CN(C)c1ccc(CNC(=O)c2ccc(S(=O)(=O)Nc3ccc(F)cc3)cc2)cn1. The van der Waals surface area contributed by atoms with Crippen LogP contribution in [0.15, 0.2) is 71.8 Å². The van der Waals surface area contributed by atoms with Crippen LogP contribution in [0.2, 0.25) is 0 Å². The van der Waals surface area contributed by atoms with Gasteiger partial charge in [0.15, 0.2) is 0 Å². The van der Waals surface area contributed by atoms with E-state index in [0.717, 1.165) is 23.5 Å². The number of benzene rings is 2. The summed E-state index contributed by atoms with van der Waals surface area (Å²) in [5, 5.41) is 2.77. The summed E-state index contributed by atoms with van der Waals surface area (Å²) >= 11 is 0. The Morgan fingerprint density at radius 3 is 2.23 bits per heavy atom. The van der Waals surface area contributed by atoms with Gasteiger partial charge in [-0.25, -0.2) is 17.8 Å². The molecule has 0 atom stereocenters. The van der Waals surface area contributed by atoms with Gasteiger partial charge in [0.05, 0.1) is 4.90 Å². The van der Waals surface area contributed by atoms with Gasteiger partial charge in [0.1, 0.15) is 11.6 Å².